The van der Waals surface area contributed by atoms with Gasteiger partial charge in [-0.1, -0.05) is 37.1 Å². The molecule has 0 saturated heterocycles. The molecule has 1 aromatic carbocycles. The lowest BCUT2D eigenvalue weighted by Gasteiger charge is -2.23. The van der Waals surface area contributed by atoms with Crippen LogP contribution in [0.3, 0.4) is 0 Å². The molecule has 0 radical (unpaired) electrons. The second kappa shape index (κ2) is 9.16. The average Bonchev–Trinajstić information content (AvgIpc) is 3.16. The zero-order valence-electron chi connectivity index (χ0n) is 15.4. The Morgan fingerprint density at radius 1 is 1.19 bits per heavy atom. The van der Waals surface area contributed by atoms with Crippen molar-refractivity contribution < 1.29 is 22.7 Å². The van der Waals surface area contributed by atoms with Crippen LogP contribution in [-0.2, 0) is 30.7 Å². The maximum absolute atomic E-state index is 12.6. The summed E-state index contributed by atoms with van der Waals surface area (Å²) in [6.07, 6.45) is 3.12. The fourth-order valence-electron chi connectivity index (χ4n) is 3.25. The van der Waals surface area contributed by atoms with Crippen molar-refractivity contribution in [2.24, 2.45) is 0 Å². The van der Waals surface area contributed by atoms with E-state index in [2.05, 4.69) is 4.74 Å². The smallest absolute Gasteiger partial charge is 0.325 e. The molecule has 6 nitrogen and oxygen atoms in total. The van der Waals surface area contributed by atoms with Crippen LogP contribution in [-0.4, -0.2) is 49.9 Å². The van der Waals surface area contributed by atoms with Crippen LogP contribution in [0.2, 0.25) is 0 Å². The number of benzene rings is 1. The minimum atomic E-state index is -3.27. The van der Waals surface area contributed by atoms with Crippen LogP contribution in [0, 0.1) is 6.92 Å². The Morgan fingerprint density at radius 3 is 2.46 bits per heavy atom. The number of carbonyl (C=O) groups is 2. The van der Waals surface area contributed by atoms with Gasteiger partial charge in [-0.2, -0.15) is 0 Å². The second-order valence-corrected chi connectivity index (χ2v) is 9.18. The van der Waals surface area contributed by atoms with Crippen molar-refractivity contribution in [3.8, 4) is 0 Å². The maximum Gasteiger partial charge on any atom is 0.325 e. The lowest BCUT2D eigenvalue weighted by Crippen LogP contribution is -2.37. The Morgan fingerprint density at radius 2 is 1.85 bits per heavy atom. The number of hydrogen-bond acceptors (Lipinski definition) is 5. The van der Waals surface area contributed by atoms with Gasteiger partial charge in [0.1, 0.15) is 6.54 Å². The monoisotopic (exact) mass is 381 g/mol. The molecule has 0 unspecified atom stereocenters. The highest BCUT2D eigenvalue weighted by molar-refractivity contribution is 7.92. The molecule has 0 bridgehead atoms. The summed E-state index contributed by atoms with van der Waals surface area (Å²) in [6.45, 7) is 2.00. The lowest BCUT2D eigenvalue weighted by molar-refractivity contribution is -0.147. The second-order valence-electron chi connectivity index (χ2n) is 6.78. The van der Waals surface area contributed by atoms with E-state index in [0.29, 0.717) is 12.8 Å². The first-order valence-corrected chi connectivity index (χ1v) is 10.7. The summed E-state index contributed by atoms with van der Waals surface area (Å²) in [5, 5.41) is -0.319. The number of esters is 1. The topological polar surface area (TPSA) is 80.8 Å². The molecule has 0 spiro atoms. The maximum atomic E-state index is 12.6. The number of carbonyl (C=O) groups excluding carboxylic acids is 2. The highest BCUT2D eigenvalue weighted by Gasteiger charge is 2.30. The van der Waals surface area contributed by atoms with E-state index < -0.39 is 15.8 Å². The van der Waals surface area contributed by atoms with Crippen LogP contribution in [0.5, 0.6) is 0 Å². The van der Waals surface area contributed by atoms with Gasteiger partial charge >= 0.3 is 5.97 Å². The molecule has 0 atom stereocenters. The van der Waals surface area contributed by atoms with E-state index in [-0.39, 0.29) is 36.4 Å². The number of sulfone groups is 1. The van der Waals surface area contributed by atoms with Crippen LogP contribution in [0.25, 0.3) is 0 Å². The Balaban J connectivity index is 2.05. The molecule has 0 N–H and O–H groups in total. The third kappa shape index (κ3) is 5.56. The van der Waals surface area contributed by atoms with Crippen LogP contribution < -0.4 is 0 Å². The summed E-state index contributed by atoms with van der Waals surface area (Å²) < 4.78 is 29.5. The van der Waals surface area contributed by atoms with Crippen molar-refractivity contribution in [3.63, 3.8) is 0 Å². The first-order valence-electron chi connectivity index (χ1n) is 8.94. The predicted octanol–water partition coefficient (Wildman–Crippen LogP) is 2.24. The summed E-state index contributed by atoms with van der Waals surface area (Å²) >= 11 is 0. The van der Waals surface area contributed by atoms with Gasteiger partial charge in [0.15, 0.2) is 9.84 Å². The van der Waals surface area contributed by atoms with Crippen molar-refractivity contribution in [1.82, 2.24) is 4.90 Å². The molecule has 144 valence electrons. The molecular weight excluding hydrogens is 354 g/mol. The van der Waals surface area contributed by atoms with E-state index in [1.165, 1.54) is 12.0 Å². The normalized spacial score (nSPS) is 15.0. The van der Waals surface area contributed by atoms with E-state index >= 15 is 0 Å². The molecule has 26 heavy (non-hydrogen) atoms. The van der Waals surface area contributed by atoms with E-state index in [1.807, 2.05) is 31.2 Å². The van der Waals surface area contributed by atoms with Gasteiger partial charge in [0.25, 0.3) is 0 Å². The molecule has 1 amide bonds. The van der Waals surface area contributed by atoms with E-state index in [9.17, 15) is 18.0 Å². The fourth-order valence-corrected chi connectivity index (χ4v) is 5.09. The molecule has 1 fully saturated rings. The van der Waals surface area contributed by atoms with Crippen molar-refractivity contribution in [1.29, 1.82) is 0 Å². The standard InChI is InChI=1S/C19H27NO5S/c1-15-7-3-4-8-16(15)13-20(14-19(22)25-2)18(21)11-12-26(23,24)17-9-5-6-10-17/h3-4,7-8,17H,5-6,9-14H2,1-2H3. The summed E-state index contributed by atoms with van der Waals surface area (Å²) in [5.41, 5.74) is 1.93. The summed E-state index contributed by atoms with van der Waals surface area (Å²) in [4.78, 5) is 25.7. The minimum Gasteiger partial charge on any atom is -0.468 e. The molecule has 0 aromatic heterocycles. The number of hydrogen-bond donors (Lipinski definition) is 0. The van der Waals surface area contributed by atoms with Crippen molar-refractivity contribution in [3.05, 3.63) is 35.4 Å². The third-order valence-corrected chi connectivity index (χ3v) is 7.19. The van der Waals surface area contributed by atoms with Gasteiger partial charge < -0.3 is 9.64 Å². The van der Waals surface area contributed by atoms with Crippen LogP contribution in [0.1, 0.15) is 43.2 Å². The Bertz CT molecular complexity index is 738. The quantitative estimate of drug-likeness (QED) is 0.645. The molecule has 7 heteroatoms. The molecule has 1 aliphatic carbocycles. The summed E-state index contributed by atoms with van der Waals surface area (Å²) in [5.74, 6) is -1.03. The first-order chi connectivity index (χ1) is 12.3. The number of methoxy groups -OCH3 is 1. The van der Waals surface area contributed by atoms with Gasteiger partial charge in [-0.3, -0.25) is 9.59 Å². The average molecular weight is 381 g/mol. The first kappa shape index (κ1) is 20.4. The van der Waals surface area contributed by atoms with Gasteiger partial charge in [-0.25, -0.2) is 8.42 Å². The van der Waals surface area contributed by atoms with Crippen LogP contribution in [0.15, 0.2) is 24.3 Å². The zero-order chi connectivity index (χ0) is 19.2. The highest BCUT2D eigenvalue weighted by atomic mass is 32.2. The number of aryl methyl sites for hydroxylation is 1. The molecular formula is C19H27NO5S. The predicted molar refractivity (Wildman–Crippen MR) is 99.3 cm³/mol. The SMILES string of the molecule is COC(=O)CN(Cc1ccccc1C)C(=O)CCS(=O)(=O)C1CCCC1. The fraction of sp³-hybridized carbons (Fsp3) is 0.579. The van der Waals surface area contributed by atoms with E-state index in [4.69, 9.17) is 0 Å². The zero-order valence-corrected chi connectivity index (χ0v) is 16.3. The molecule has 0 aliphatic heterocycles. The number of rotatable bonds is 8. The van der Waals surface area contributed by atoms with Gasteiger partial charge in [0, 0.05) is 13.0 Å². The number of nitrogens with zero attached hydrogens (tertiary/aromatic N) is 1. The van der Waals surface area contributed by atoms with E-state index in [1.54, 1.807) is 0 Å². The molecule has 1 aromatic rings. The van der Waals surface area contributed by atoms with Crippen LogP contribution >= 0.6 is 0 Å². The van der Waals surface area contributed by atoms with Gasteiger partial charge in [0.2, 0.25) is 5.91 Å². The Hall–Kier alpha value is -1.89. The van der Waals surface area contributed by atoms with Gasteiger partial charge in [-0.05, 0) is 30.9 Å². The van der Waals surface area contributed by atoms with E-state index in [0.717, 1.165) is 24.0 Å². The Labute approximate surface area is 155 Å². The summed E-state index contributed by atoms with van der Waals surface area (Å²) in [6, 6.07) is 7.59. The van der Waals surface area contributed by atoms with Crippen LogP contribution in [0.4, 0.5) is 0 Å². The van der Waals surface area contributed by atoms with Crippen molar-refractivity contribution >= 4 is 21.7 Å². The number of ether oxygens (including phenoxy) is 1. The highest BCUT2D eigenvalue weighted by Crippen LogP contribution is 2.25. The van der Waals surface area contributed by atoms with Gasteiger partial charge in [0.05, 0.1) is 18.1 Å². The molecule has 1 aliphatic rings. The van der Waals surface area contributed by atoms with Crippen molar-refractivity contribution in [2.45, 2.75) is 50.8 Å². The third-order valence-electron chi connectivity index (χ3n) is 4.93. The van der Waals surface area contributed by atoms with Gasteiger partial charge in [-0.15, -0.1) is 0 Å². The molecule has 0 heterocycles. The number of amides is 1. The minimum absolute atomic E-state index is 0.109. The lowest BCUT2D eigenvalue weighted by atomic mass is 10.1. The largest absolute Gasteiger partial charge is 0.468 e. The summed E-state index contributed by atoms with van der Waals surface area (Å²) in [7, 11) is -2.00. The Kier molecular flexibility index (Phi) is 7.20. The molecule has 1 saturated carbocycles. The van der Waals surface area contributed by atoms with Crippen molar-refractivity contribution in [2.75, 3.05) is 19.4 Å². The molecule has 2 rings (SSSR count).